The summed E-state index contributed by atoms with van der Waals surface area (Å²) in [5, 5.41) is 11.9. The molecule has 6 heteroatoms. The molecule has 0 radical (unpaired) electrons. The largest absolute Gasteiger partial charge is 1.00 e. The third kappa shape index (κ3) is 3.58. The summed E-state index contributed by atoms with van der Waals surface area (Å²) in [5.41, 5.74) is 5.43. The molecule has 3 aromatic heterocycles. The highest BCUT2D eigenvalue weighted by Crippen LogP contribution is 2.15. The molecule has 110 valence electrons. The molecule has 0 bridgehead atoms. The number of hydrogen-bond acceptors (Lipinski definition) is 2. The van der Waals surface area contributed by atoms with Gasteiger partial charge in [0.05, 0.1) is 17.0 Å². The van der Waals surface area contributed by atoms with Crippen LogP contribution in [0.1, 0.15) is 17.1 Å². The zero-order chi connectivity index (χ0) is 13.9. The van der Waals surface area contributed by atoms with Crippen molar-refractivity contribution in [3.63, 3.8) is 0 Å². The minimum absolute atomic E-state index is 0. The van der Waals surface area contributed by atoms with E-state index in [1.165, 1.54) is 5.69 Å². The SMILES string of the molecule is Cc1cc(C)n(CCc2cc(-c3ccc[nH+]c3)n[nH]2)n1.[Br-]. The Labute approximate surface area is 134 Å². The average molecular weight is 348 g/mol. The average Bonchev–Trinajstić information content (AvgIpc) is 3.04. The molecule has 0 spiro atoms. The van der Waals surface area contributed by atoms with Gasteiger partial charge in [-0.2, -0.15) is 10.2 Å². The van der Waals surface area contributed by atoms with E-state index in [0.29, 0.717) is 0 Å². The zero-order valence-corrected chi connectivity index (χ0v) is 13.7. The van der Waals surface area contributed by atoms with Crippen LogP contribution < -0.4 is 22.0 Å². The number of pyridine rings is 1. The van der Waals surface area contributed by atoms with E-state index in [9.17, 15) is 0 Å². The van der Waals surface area contributed by atoms with E-state index in [2.05, 4.69) is 39.3 Å². The molecule has 0 atom stereocenters. The first kappa shape index (κ1) is 15.4. The lowest BCUT2D eigenvalue weighted by Crippen LogP contribution is -3.00. The van der Waals surface area contributed by atoms with Crippen molar-refractivity contribution in [3.05, 3.63) is 53.7 Å². The van der Waals surface area contributed by atoms with E-state index >= 15 is 0 Å². The first-order valence-electron chi connectivity index (χ1n) is 6.74. The van der Waals surface area contributed by atoms with Gasteiger partial charge in [-0.05, 0) is 32.0 Å². The Kier molecular flexibility index (Phi) is 4.90. The van der Waals surface area contributed by atoms with Gasteiger partial charge >= 0.3 is 0 Å². The van der Waals surface area contributed by atoms with Gasteiger partial charge in [0, 0.05) is 30.4 Å². The fourth-order valence-electron chi connectivity index (χ4n) is 2.32. The number of hydrogen-bond donors (Lipinski definition) is 1. The summed E-state index contributed by atoms with van der Waals surface area (Å²) in [6.45, 7) is 4.96. The maximum absolute atomic E-state index is 4.47. The molecule has 3 rings (SSSR count). The van der Waals surface area contributed by atoms with E-state index in [4.69, 9.17) is 0 Å². The highest BCUT2D eigenvalue weighted by Gasteiger charge is 2.07. The molecule has 5 nitrogen and oxygen atoms in total. The molecule has 0 saturated heterocycles. The number of rotatable bonds is 4. The first-order valence-corrected chi connectivity index (χ1v) is 6.74. The molecule has 0 saturated carbocycles. The van der Waals surface area contributed by atoms with Crippen molar-refractivity contribution >= 4 is 0 Å². The van der Waals surface area contributed by atoms with Crippen LogP contribution in [0.15, 0.2) is 36.7 Å². The number of H-pyrrole nitrogens is 2. The molecule has 0 fully saturated rings. The fraction of sp³-hybridized carbons (Fsp3) is 0.267. The normalized spacial score (nSPS) is 10.4. The lowest BCUT2D eigenvalue weighted by Gasteiger charge is -2.02. The monoisotopic (exact) mass is 347 g/mol. The van der Waals surface area contributed by atoms with Crippen molar-refractivity contribution in [2.45, 2.75) is 26.8 Å². The second kappa shape index (κ2) is 6.67. The Balaban J connectivity index is 0.00000161. The van der Waals surface area contributed by atoms with Crippen LogP contribution in [0, 0.1) is 13.8 Å². The van der Waals surface area contributed by atoms with Crippen molar-refractivity contribution in [3.8, 4) is 11.3 Å². The van der Waals surface area contributed by atoms with Crippen LogP contribution in [-0.2, 0) is 13.0 Å². The molecular formula is C15H18BrN5. The Hall–Kier alpha value is -1.95. The maximum Gasteiger partial charge on any atom is 0.176 e. The first-order chi connectivity index (χ1) is 9.72. The lowest BCUT2D eigenvalue weighted by atomic mass is 10.2. The minimum atomic E-state index is 0. The van der Waals surface area contributed by atoms with Crippen LogP contribution in [0.4, 0.5) is 0 Å². The third-order valence-electron chi connectivity index (χ3n) is 3.33. The summed E-state index contributed by atoms with van der Waals surface area (Å²) in [6.07, 6.45) is 4.73. The molecule has 0 aliphatic carbocycles. The van der Waals surface area contributed by atoms with Gasteiger partial charge in [0.15, 0.2) is 12.4 Å². The Morgan fingerprint density at radius 3 is 2.81 bits per heavy atom. The van der Waals surface area contributed by atoms with E-state index in [0.717, 1.165) is 35.6 Å². The van der Waals surface area contributed by atoms with Gasteiger partial charge in [-0.15, -0.1) is 0 Å². The summed E-state index contributed by atoms with van der Waals surface area (Å²) < 4.78 is 2.03. The highest BCUT2D eigenvalue weighted by atomic mass is 79.9. The highest BCUT2D eigenvalue weighted by molar-refractivity contribution is 5.56. The summed E-state index contributed by atoms with van der Waals surface area (Å²) in [4.78, 5) is 3.07. The topological polar surface area (TPSA) is 60.6 Å². The van der Waals surface area contributed by atoms with Crippen molar-refractivity contribution in [2.24, 2.45) is 0 Å². The minimum Gasteiger partial charge on any atom is -1.00 e. The lowest BCUT2D eigenvalue weighted by molar-refractivity contribution is -0.377. The molecule has 0 aromatic carbocycles. The number of aromatic nitrogens is 5. The molecule has 0 aliphatic rings. The van der Waals surface area contributed by atoms with Crippen LogP contribution >= 0.6 is 0 Å². The molecule has 3 aromatic rings. The maximum atomic E-state index is 4.47. The molecule has 0 amide bonds. The Morgan fingerprint density at radius 2 is 2.14 bits per heavy atom. The van der Waals surface area contributed by atoms with Gasteiger partial charge in [-0.1, -0.05) is 0 Å². The summed E-state index contributed by atoms with van der Waals surface area (Å²) in [5.74, 6) is 0. The number of aryl methyl sites for hydroxylation is 4. The Bertz CT molecular complexity index is 702. The van der Waals surface area contributed by atoms with Crippen molar-refractivity contribution < 1.29 is 22.0 Å². The molecule has 3 heterocycles. The van der Waals surface area contributed by atoms with Gasteiger partial charge in [-0.25, -0.2) is 4.98 Å². The summed E-state index contributed by atoms with van der Waals surface area (Å²) in [7, 11) is 0. The predicted octanol–water partition coefficient (Wildman–Crippen LogP) is -1.05. The van der Waals surface area contributed by atoms with Crippen LogP contribution in [0.5, 0.6) is 0 Å². The third-order valence-corrected chi connectivity index (χ3v) is 3.33. The van der Waals surface area contributed by atoms with Crippen molar-refractivity contribution in [1.29, 1.82) is 0 Å². The standard InChI is InChI=1S/C15H17N5.BrH/c1-11-8-12(2)20(19-11)7-5-14-9-15(18-17-14)13-4-3-6-16-10-13;/h3-4,6,8-10H,5,7H2,1-2H3,(H,17,18);1H. The van der Waals surface area contributed by atoms with Gasteiger partial charge in [0.1, 0.15) is 0 Å². The van der Waals surface area contributed by atoms with Gasteiger partial charge in [-0.3, -0.25) is 9.78 Å². The molecule has 0 unspecified atom stereocenters. The van der Waals surface area contributed by atoms with Crippen LogP contribution in [0.25, 0.3) is 11.3 Å². The van der Waals surface area contributed by atoms with Crippen LogP contribution in [-0.4, -0.2) is 20.0 Å². The second-order valence-corrected chi connectivity index (χ2v) is 4.97. The molecule has 2 N–H and O–H groups in total. The smallest absolute Gasteiger partial charge is 0.176 e. The van der Waals surface area contributed by atoms with Crippen LogP contribution in [0.2, 0.25) is 0 Å². The fourth-order valence-corrected chi connectivity index (χ4v) is 2.32. The molecule has 21 heavy (non-hydrogen) atoms. The van der Waals surface area contributed by atoms with E-state index in [1.807, 2.05) is 36.1 Å². The van der Waals surface area contributed by atoms with E-state index in [1.54, 1.807) is 0 Å². The molecular weight excluding hydrogens is 330 g/mol. The number of halogens is 1. The van der Waals surface area contributed by atoms with E-state index in [-0.39, 0.29) is 17.0 Å². The van der Waals surface area contributed by atoms with Gasteiger partial charge < -0.3 is 17.0 Å². The van der Waals surface area contributed by atoms with E-state index < -0.39 is 0 Å². The van der Waals surface area contributed by atoms with Crippen molar-refractivity contribution in [2.75, 3.05) is 0 Å². The number of aromatic amines is 2. The zero-order valence-electron chi connectivity index (χ0n) is 12.1. The molecule has 0 aliphatic heterocycles. The van der Waals surface area contributed by atoms with Crippen molar-refractivity contribution in [1.82, 2.24) is 20.0 Å². The summed E-state index contributed by atoms with van der Waals surface area (Å²) in [6, 6.07) is 8.20. The van der Waals surface area contributed by atoms with Gasteiger partial charge in [0.25, 0.3) is 0 Å². The summed E-state index contributed by atoms with van der Waals surface area (Å²) >= 11 is 0. The quantitative estimate of drug-likeness (QED) is 0.654. The predicted molar refractivity (Wildman–Crippen MR) is 76.0 cm³/mol. The number of nitrogens with zero attached hydrogens (tertiary/aromatic N) is 3. The number of nitrogens with one attached hydrogen (secondary N) is 2. The Morgan fingerprint density at radius 1 is 1.29 bits per heavy atom. The second-order valence-electron chi connectivity index (χ2n) is 4.97. The van der Waals surface area contributed by atoms with Gasteiger partial charge in [0.2, 0.25) is 0 Å². The van der Waals surface area contributed by atoms with Crippen LogP contribution in [0.3, 0.4) is 0 Å².